The fourth-order valence-corrected chi connectivity index (χ4v) is 2.84. The Kier molecular flexibility index (Phi) is 5.38. The van der Waals surface area contributed by atoms with E-state index in [0.717, 1.165) is 29.6 Å². The highest BCUT2D eigenvalue weighted by Crippen LogP contribution is 2.22. The molecule has 0 bridgehead atoms. The van der Waals surface area contributed by atoms with Gasteiger partial charge in [-0.15, -0.1) is 0 Å². The second kappa shape index (κ2) is 7.04. The van der Waals surface area contributed by atoms with Gasteiger partial charge in [-0.3, -0.25) is 4.68 Å². The van der Waals surface area contributed by atoms with Crippen molar-refractivity contribution < 1.29 is 0 Å². The second-order valence-corrected chi connectivity index (χ2v) is 5.89. The van der Waals surface area contributed by atoms with Gasteiger partial charge in [-0.25, -0.2) is 0 Å². The summed E-state index contributed by atoms with van der Waals surface area (Å²) in [4.78, 5) is 0. The fraction of sp³-hybridized carbons (Fsp3) is 0.438. The topological polar surface area (TPSA) is 29.9 Å². The van der Waals surface area contributed by atoms with Gasteiger partial charge in [0.25, 0.3) is 0 Å². The van der Waals surface area contributed by atoms with Crippen molar-refractivity contribution in [1.82, 2.24) is 15.1 Å². The van der Waals surface area contributed by atoms with Crippen LogP contribution in [0.15, 0.2) is 34.8 Å². The molecule has 0 saturated carbocycles. The number of likely N-dealkylation sites (N-methyl/N-ethyl adjacent to an activating group) is 1. The second-order valence-electron chi connectivity index (χ2n) is 4.97. The number of aromatic nitrogens is 2. The number of benzene rings is 1. The largest absolute Gasteiger partial charge is 0.310 e. The number of rotatable bonds is 6. The van der Waals surface area contributed by atoms with Crippen molar-refractivity contribution in [2.75, 3.05) is 6.54 Å². The summed E-state index contributed by atoms with van der Waals surface area (Å²) in [6, 6.07) is 11.0. The normalized spacial score (nSPS) is 12.6. The molecular formula is C16H22BrN3. The van der Waals surface area contributed by atoms with Gasteiger partial charge in [0.1, 0.15) is 0 Å². The molecule has 0 aliphatic heterocycles. The smallest absolute Gasteiger partial charge is 0.0624 e. The first kappa shape index (κ1) is 15.3. The lowest BCUT2D eigenvalue weighted by molar-refractivity contribution is 0.528. The molecule has 0 saturated heterocycles. The summed E-state index contributed by atoms with van der Waals surface area (Å²) >= 11 is 3.55. The van der Waals surface area contributed by atoms with Crippen LogP contribution in [-0.2, 0) is 19.9 Å². The van der Waals surface area contributed by atoms with Crippen LogP contribution in [0.1, 0.15) is 36.8 Å². The highest BCUT2D eigenvalue weighted by Gasteiger charge is 2.14. The number of hydrogen-bond donors (Lipinski definition) is 1. The van der Waals surface area contributed by atoms with E-state index < -0.39 is 0 Å². The summed E-state index contributed by atoms with van der Waals surface area (Å²) in [5.74, 6) is 0. The average molecular weight is 336 g/mol. The van der Waals surface area contributed by atoms with Crippen molar-refractivity contribution in [3.63, 3.8) is 0 Å². The van der Waals surface area contributed by atoms with E-state index in [1.54, 1.807) is 0 Å². The van der Waals surface area contributed by atoms with Crippen molar-refractivity contribution >= 4 is 15.9 Å². The average Bonchev–Trinajstić information content (AvgIpc) is 2.79. The first-order chi connectivity index (χ1) is 9.63. The zero-order valence-corrected chi connectivity index (χ0v) is 13.9. The minimum absolute atomic E-state index is 0.317. The van der Waals surface area contributed by atoms with Crippen molar-refractivity contribution in [3.8, 4) is 0 Å². The molecular weight excluding hydrogens is 314 g/mol. The van der Waals surface area contributed by atoms with Gasteiger partial charge < -0.3 is 5.32 Å². The Balaban J connectivity index is 2.22. The zero-order chi connectivity index (χ0) is 14.5. The molecule has 0 aliphatic rings. The number of aryl methyl sites for hydroxylation is 2. The van der Waals surface area contributed by atoms with Crippen LogP contribution in [0, 0.1) is 0 Å². The minimum Gasteiger partial charge on any atom is -0.310 e. The molecule has 1 heterocycles. The maximum Gasteiger partial charge on any atom is 0.0624 e. The molecule has 3 nitrogen and oxygen atoms in total. The molecule has 0 spiro atoms. The number of halogens is 1. The van der Waals surface area contributed by atoms with Crippen LogP contribution in [-0.4, -0.2) is 16.3 Å². The molecule has 2 rings (SSSR count). The summed E-state index contributed by atoms with van der Waals surface area (Å²) in [5.41, 5.74) is 3.74. The van der Waals surface area contributed by atoms with Gasteiger partial charge in [0.15, 0.2) is 0 Å². The molecule has 2 aromatic rings. The third kappa shape index (κ3) is 3.70. The maximum atomic E-state index is 4.53. The molecule has 1 aromatic carbocycles. The molecule has 1 unspecified atom stereocenters. The van der Waals surface area contributed by atoms with Crippen LogP contribution in [0.5, 0.6) is 0 Å². The summed E-state index contributed by atoms with van der Waals surface area (Å²) in [5, 5.41) is 8.10. The standard InChI is InChI=1S/C16H22BrN3/c1-4-14-10-15(20(3)19-14)11-16(18-5-2)12-7-6-8-13(17)9-12/h6-10,16,18H,4-5,11H2,1-3H3. The van der Waals surface area contributed by atoms with E-state index in [2.05, 4.69) is 70.5 Å². The molecule has 1 atom stereocenters. The predicted molar refractivity (Wildman–Crippen MR) is 86.8 cm³/mol. The van der Waals surface area contributed by atoms with Crippen molar-refractivity contribution in [2.24, 2.45) is 7.05 Å². The zero-order valence-electron chi connectivity index (χ0n) is 12.4. The third-order valence-electron chi connectivity index (χ3n) is 3.50. The third-order valence-corrected chi connectivity index (χ3v) is 4.00. The Morgan fingerprint density at radius 1 is 1.30 bits per heavy atom. The van der Waals surface area contributed by atoms with Crippen LogP contribution in [0.2, 0.25) is 0 Å². The van der Waals surface area contributed by atoms with Gasteiger partial charge in [-0.05, 0) is 36.7 Å². The Labute approximate surface area is 129 Å². The van der Waals surface area contributed by atoms with Gasteiger partial charge >= 0.3 is 0 Å². The van der Waals surface area contributed by atoms with Gasteiger partial charge in [0.05, 0.1) is 5.69 Å². The predicted octanol–water partition coefficient (Wildman–Crippen LogP) is 3.64. The van der Waals surface area contributed by atoms with Crippen molar-refractivity contribution in [1.29, 1.82) is 0 Å². The summed E-state index contributed by atoms with van der Waals surface area (Å²) in [6.07, 6.45) is 1.93. The number of nitrogens with one attached hydrogen (secondary N) is 1. The van der Waals surface area contributed by atoms with Gasteiger partial charge in [-0.1, -0.05) is 41.9 Å². The van der Waals surface area contributed by atoms with Crippen LogP contribution < -0.4 is 5.32 Å². The molecule has 0 fully saturated rings. The molecule has 1 N–H and O–H groups in total. The number of nitrogens with zero attached hydrogens (tertiary/aromatic N) is 2. The van der Waals surface area contributed by atoms with E-state index in [4.69, 9.17) is 0 Å². The van der Waals surface area contributed by atoms with Gasteiger partial charge in [-0.2, -0.15) is 5.10 Å². The molecule has 108 valence electrons. The highest BCUT2D eigenvalue weighted by molar-refractivity contribution is 9.10. The van der Waals surface area contributed by atoms with E-state index in [0.29, 0.717) is 6.04 Å². The molecule has 0 aliphatic carbocycles. The first-order valence-electron chi connectivity index (χ1n) is 7.14. The summed E-state index contributed by atoms with van der Waals surface area (Å²) in [6.45, 7) is 5.24. The number of hydrogen-bond acceptors (Lipinski definition) is 2. The highest BCUT2D eigenvalue weighted by atomic mass is 79.9. The van der Waals surface area contributed by atoms with Crippen molar-refractivity contribution in [3.05, 3.63) is 51.8 Å². The molecule has 0 radical (unpaired) electrons. The van der Waals surface area contributed by atoms with Crippen LogP contribution in [0.3, 0.4) is 0 Å². The fourth-order valence-electron chi connectivity index (χ4n) is 2.42. The summed E-state index contributed by atoms with van der Waals surface area (Å²) in [7, 11) is 2.03. The molecule has 0 amide bonds. The molecule has 4 heteroatoms. The SMILES string of the molecule is CCNC(Cc1cc(CC)nn1C)c1cccc(Br)c1. The van der Waals surface area contributed by atoms with Gasteiger partial charge in [0.2, 0.25) is 0 Å². The monoisotopic (exact) mass is 335 g/mol. The first-order valence-corrected chi connectivity index (χ1v) is 7.94. The Morgan fingerprint density at radius 3 is 2.70 bits per heavy atom. The Morgan fingerprint density at radius 2 is 2.10 bits per heavy atom. The lowest BCUT2D eigenvalue weighted by Gasteiger charge is -2.18. The molecule has 1 aromatic heterocycles. The van der Waals surface area contributed by atoms with Crippen LogP contribution in [0.4, 0.5) is 0 Å². The Bertz CT molecular complexity index is 563. The minimum atomic E-state index is 0.317. The van der Waals surface area contributed by atoms with E-state index >= 15 is 0 Å². The Hall–Kier alpha value is -1.13. The van der Waals surface area contributed by atoms with Crippen molar-refractivity contribution in [2.45, 2.75) is 32.7 Å². The summed E-state index contributed by atoms with van der Waals surface area (Å²) < 4.78 is 3.12. The van der Waals surface area contributed by atoms with E-state index in [1.165, 1.54) is 11.3 Å². The lowest BCUT2D eigenvalue weighted by Crippen LogP contribution is -2.23. The van der Waals surface area contributed by atoms with Crippen LogP contribution in [0.25, 0.3) is 0 Å². The maximum absolute atomic E-state index is 4.53. The van der Waals surface area contributed by atoms with E-state index in [-0.39, 0.29) is 0 Å². The van der Waals surface area contributed by atoms with E-state index in [1.807, 2.05) is 11.7 Å². The van der Waals surface area contributed by atoms with Crippen LogP contribution >= 0.6 is 15.9 Å². The van der Waals surface area contributed by atoms with E-state index in [9.17, 15) is 0 Å². The van der Waals surface area contributed by atoms with Gasteiger partial charge in [0, 0.05) is 29.7 Å². The molecule has 20 heavy (non-hydrogen) atoms. The lowest BCUT2D eigenvalue weighted by atomic mass is 10.0. The quantitative estimate of drug-likeness (QED) is 0.873.